The van der Waals surface area contributed by atoms with Crippen molar-refractivity contribution in [2.24, 2.45) is 21.5 Å². The summed E-state index contributed by atoms with van der Waals surface area (Å²) in [4.78, 5) is 9.74. The standard InChI is InChI=1S/C15H16Br2F3N5/c16-8-6-9(15(18,19)20)11(10(17)7-8)25-13(22)23-12(21)24-14(25)4-2-1-3-5-14/h6-7H,1-5H2,(H4,21,22,23,24). The second kappa shape index (κ2) is 6.46. The Hall–Kier alpha value is -1.29. The van der Waals surface area contributed by atoms with Gasteiger partial charge in [0.15, 0.2) is 0 Å². The molecule has 0 unspecified atom stereocenters. The average molecular weight is 483 g/mol. The van der Waals surface area contributed by atoms with Crippen molar-refractivity contribution in [2.75, 3.05) is 4.90 Å². The Morgan fingerprint density at radius 3 is 2.32 bits per heavy atom. The molecule has 2 aliphatic rings. The van der Waals surface area contributed by atoms with Gasteiger partial charge in [0.1, 0.15) is 5.66 Å². The summed E-state index contributed by atoms with van der Waals surface area (Å²) < 4.78 is 41.7. The summed E-state index contributed by atoms with van der Waals surface area (Å²) in [5, 5.41) is 0. The number of nitrogens with two attached hydrogens (primary N) is 2. The predicted octanol–water partition coefficient (Wildman–Crippen LogP) is 4.34. The maximum atomic E-state index is 13.7. The highest BCUT2D eigenvalue weighted by Gasteiger charge is 2.47. The number of guanidine groups is 2. The van der Waals surface area contributed by atoms with Crippen LogP contribution in [0.25, 0.3) is 0 Å². The summed E-state index contributed by atoms with van der Waals surface area (Å²) in [6.07, 6.45) is -0.792. The van der Waals surface area contributed by atoms with E-state index in [1.54, 1.807) is 6.07 Å². The monoisotopic (exact) mass is 481 g/mol. The minimum absolute atomic E-state index is 0.00237. The number of rotatable bonds is 1. The number of hydrogen-bond donors (Lipinski definition) is 2. The van der Waals surface area contributed by atoms with Crippen molar-refractivity contribution < 1.29 is 13.2 Å². The van der Waals surface area contributed by atoms with Crippen LogP contribution in [-0.2, 0) is 6.18 Å². The fraction of sp³-hybridized carbons (Fsp3) is 0.467. The Labute approximate surface area is 159 Å². The third kappa shape index (κ3) is 3.38. The van der Waals surface area contributed by atoms with E-state index in [1.807, 2.05) is 0 Å². The molecule has 0 atom stereocenters. The lowest BCUT2D eigenvalue weighted by molar-refractivity contribution is -0.137. The molecule has 3 rings (SSSR count). The maximum Gasteiger partial charge on any atom is 0.418 e. The van der Waals surface area contributed by atoms with E-state index >= 15 is 0 Å². The van der Waals surface area contributed by atoms with Gasteiger partial charge in [-0.1, -0.05) is 22.4 Å². The topological polar surface area (TPSA) is 80.0 Å². The van der Waals surface area contributed by atoms with Gasteiger partial charge in [-0.15, -0.1) is 0 Å². The zero-order chi connectivity index (χ0) is 18.4. The minimum atomic E-state index is -4.57. The smallest absolute Gasteiger partial charge is 0.369 e. The quantitative estimate of drug-likeness (QED) is 0.624. The fourth-order valence-electron chi connectivity index (χ4n) is 3.45. The lowest BCUT2D eigenvalue weighted by atomic mass is 9.87. The van der Waals surface area contributed by atoms with Gasteiger partial charge in [-0.3, -0.25) is 4.90 Å². The molecule has 0 radical (unpaired) electrons. The molecule has 0 saturated heterocycles. The molecule has 1 fully saturated rings. The lowest BCUT2D eigenvalue weighted by Gasteiger charge is -2.46. The molecule has 4 N–H and O–H groups in total. The molecule has 1 spiro atoms. The van der Waals surface area contributed by atoms with Crippen LogP contribution in [0.1, 0.15) is 37.7 Å². The van der Waals surface area contributed by atoms with Gasteiger partial charge in [0.05, 0.1) is 11.3 Å². The Morgan fingerprint density at radius 2 is 1.72 bits per heavy atom. The van der Waals surface area contributed by atoms with Crippen LogP contribution in [0.5, 0.6) is 0 Å². The van der Waals surface area contributed by atoms with Crippen LogP contribution in [0, 0.1) is 0 Å². The molecule has 1 aromatic carbocycles. The number of nitrogens with zero attached hydrogens (tertiary/aromatic N) is 3. The van der Waals surface area contributed by atoms with E-state index in [4.69, 9.17) is 11.5 Å². The molecule has 1 saturated carbocycles. The zero-order valence-corrected chi connectivity index (χ0v) is 16.2. The third-order valence-corrected chi connectivity index (χ3v) is 5.47. The summed E-state index contributed by atoms with van der Waals surface area (Å²) in [7, 11) is 0. The van der Waals surface area contributed by atoms with Crippen molar-refractivity contribution in [3.05, 3.63) is 26.6 Å². The van der Waals surface area contributed by atoms with Crippen molar-refractivity contribution in [1.82, 2.24) is 0 Å². The largest absolute Gasteiger partial charge is 0.418 e. The molecule has 0 aromatic heterocycles. The van der Waals surface area contributed by atoms with Crippen molar-refractivity contribution >= 4 is 49.5 Å². The normalized spacial score (nSPS) is 20.4. The summed E-state index contributed by atoms with van der Waals surface area (Å²) in [6, 6.07) is 2.58. The third-order valence-electron chi connectivity index (χ3n) is 4.41. The second-order valence-electron chi connectivity index (χ2n) is 6.10. The Bertz CT molecular complexity index is 754. The number of aliphatic imine (C=N–C) groups is 2. The van der Waals surface area contributed by atoms with Crippen LogP contribution < -0.4 is 16.4 Å². The van der Waals surface area contributed by atoms with Crippen molar-refractivity contribution in [3.63, 3.8) is 0 Å². The number of halogens is 5. The molecule has 0 bridgehead atoms. The van der Waals surface area contributed by atoms with Crippen molar-refractivity contribution in [2.45, 2.75) is 43.9 Å². The molecule has 1 aliphatic heterocycles. The van der Waals surface area contributed by atoms with Gasteiger partial charge in [-0.25, -0.2) is 4.99 Å². The van der Waals surface area contributed by atoms with E-state index in [9.17, 15) is 13.2 Å². The number of benzene rings is 1. The molecule has 25 heavy (non-hydrogen) atoms. The van der Waals surface area contributed by atoms with Gasteiger partial charge in [-0.05, 0) is 53.7 Å². The molecular weight excluding hydrogens is 467 g/mol. The Balaban J connectivity index is 2.25. The van der Waals surface area contributed by atoms with E-state index < -0.39 is 17.4 Å². The molecule has 5 nitrogen and oxygen atoms in total. The number of anilines is 1. The second-order valence-corrected chi connectivity index (χ2v) is 7.87. The van der Waals surface area contributed by atoms with Gasteiger partial charge in [0.25, 0.3) is 0 Å². The van der Waals surface area contributed by atoms with E-state index in [2.05, 4.69) is 41.8 Å². The summed E-state index contributed by atoms with van der Waals surface area (Å²) >= 11 is 6.37. The minimum Gasteiger partial charge on any atom is -0.369 e. The highest BCUT2D eigenvalue weighted by Crippen LogP contribution is 2.48. The summed E-state index contributed by atoms with van der Waals surface area (Å²) in [6.45, 7) is 0. The van der Waals surface area contributed by atoms with Crippen LogP contribution in [0.2, 0.25) is 0 Å². The van der Waals surface area contributed by atoms with Crippen LogP contribution >= 0.6 is 31.9 Å². The van der Waals surface area contributed by atoms with Crippen molar-refractivity contribution in [3.8, 4) is 0 Å². The molecule has 1 aromatic rings. The predicted molar refractivity (Wildman–Crippen MR) is 98.4 cm³/mol. The molecule has 1 heterocycles. The van der Waals surface area contributed by atoms with Crippen LogP contribution in [0.4, 0.5) is 18.9 Å². The summed E-state index contributed by atoms with van der Waals surface area (Å²) in [5.74, 6) is -0.0830. The van der Waals surface area contributed by atoms with Gasteiger partial charge < -0.3 is 11.5 Å². The van der Waals surface area contributed by atoms with E-state index in [0.29, 0.717) is 17.3 Å². The average Bonchev–Trinajstić information content (AvgIpc) is 2.48. The van der Waals surface area contributed by atoms with E-state index in [1.165, 1.54) is 4.90 Å². The first-order chi connectivity index (χ1) is 11.6. The molecule has 1 aliphatic carbocycles. The highest BCUT2D eigenvalue weighted by atomic mass is 79.9. The molecule has 136 valence electrons. The van der Waals surface area contributed by atoms with Gasteiger partial charge >= 0.3 is 6.18 Å². The molecule has 10 heteroatoms. The molecular formula is C15H16Br2F3N5. The first-order valence-corrected chi connectivity index (χ1v) is 9.29. The van der Waals surface area contributed by atoms with Gasteiger partial charge in [0.2, 0.25) is 11.9 Å². The molecule has 0 amide bonds. The van der Waals surface area contributed by atoms with E-state index in [0.717, 1.165) is 25.3 Å². The first kappa shape index (κ1) is 18.5. The fourth-order valence-corrected chi connectivity index (χ4v) is 4.86. The summed E-state index contributed by atoms with van der Waals surface area (Å²) in [5.41, 5.74) is 9.97. The maximum absolute atomic E-state index is 13.7. The number of hydrogen-bond acceptors (Lipinski definition) is 5. The van der Waals surface area contributed by atoms with Gasteiger partial charge in [0, 0.05) is 8.95 Å². The van der Waals surface area contributed by atoms with Crippen molar-refractivity contribution in [1.29, 1.82) is 0 Å². The first-order valence-electron chi connectivity index (χ1n) is 7.70. The Morgan fingerprint density at radius 1 is 1.08 bits per heavy atom. The van der Waals surface area contributed by atoms with Crippen LogP contribution in [0.3, 0.4) is 0 Å². The van der Waals surface area contributed by atoms with Crippen LogP contribution in [0.15, 0.2) is 31.1 Å². The zero-order valence-electron chi connectivity index (χ0n) is 13.1. The SMILES string of the molecule is NC1=NC2(CCCCC2)N(c2c(Br)cc(Br)cc2C(F)(F)F)C(N)=N1. The number of alkyl halides is 3. The lowest BCUT2D eigenvalue weighted by Crippen LogP contribution is -2.58. The highest BCUT2D eigenvalue weighted by molar-refractivity contribution is 9.11. The van der Waals surface area contributed by atoms with Crippen LogP contribution in [-0.4, -0.2) is 17.6 Å². The van der Waals surface area contributed by atoms with E-state index in [-0.39, 0.29) is 22.1 Å². The van der Waals surface area contributed by atoms with Gasteiger partial charge in [-0.2, -0.15) is 18.2 Å². The Kier molecular flexibility index (Phi) is 4.78.